The first-order valence-electron chi connectivity index (χ1n) is 15.0. The highest BCUT2D eigenvalue weighted by molar-refractivity contribution is 6.32. The van der Waals surface area contributed by atoms with E-state index in [0.29, 0.717) is 66.1 Å². The summed E-state index contributed by atoms with van der Waals surface area (Å²) in [4.78, 5) is 32.6. The standard InChI is InChI=1S/C31H50O11/c1-2-3-4-5-6-7-8-27-9-11-28(12-10-27)41-25-23-39-21-19-37-17-15-36-16-18-38-20-22-40-24-26-42-30(33)14-13-29(32)31(34)35/h9-12H,2-8,13-26H2,1H3,(H,34,35). The van der Waals surface area contributed by atoms with Crippen LogP contribution in [0.3, 0.4) is 0 Å². The molecule has 11 heteroatoms. The number of unbranched alkanes of at least 4 members (excludes halogenated alkanes) is 5. The number of esters is 1. The van der Waals surface area contributed by atoms with Crippen molar-refractivity contribution in [2.75, 3.05) is 79.3 Å². The largest absolute Gasteiger partial charge is 0.491 e. The summed E-state index contributed by atoms with van der Waals surface area (Å²) in [6, 6.07) is 8.35. The van der Waals surface area contributed by atoms with E-state index >= 15 is 0 Å². The minimum absolute atomic E-state index is 0.0237. The maximum atomic E-state index is 11.4. The zero-order valence-corrected chi connectivity index (χ0v) is 25.2. The number of carbonyl (C=O) groups is 3. The molecule has 0 saturated carbocycles. The van der Waals surface area contributed by atoms with E-state index in [2.05, 4.69) is 19.1 Å². The van der Waals surface area contributed by atoms with Crippen LogP contribution in [0.5, 0.6) is 5.75 Å². The van der Waals surface area contributed by atoms with Gasteiger partial charge in [0.25, 0.3) is 0 Å². The molecule has 0 aromatic heterocycles. The van der Waals surface area contributed by atoms with Gasteiger partial charge in [-0.3, -0.25) is 9.59 Å². The first-order valence-corrected chi connectivity index (χ1v) is 15.0. The van der Waals surface area contributed by atoms with E-state index in [0.717, 1.165) is 12.2 Å². The van der Waals surface area contributed by atoms with Gasteiger partial charge in [0.05, 0.1) is 72.5 Å². The van der Waals surface area contributed by atoms with Crippen LogP contribution in [0.4, 0.5) is 0 Å². The van der Waals surface area contributed by atoms with Crippen LogP contribution in [0.2, 0.25) is 0 Å². The summed E-state index contributed by atoms with van der Waals surface area (Å²) >= 11 is 0. The lowest BCUT2D eigenvalue weighted by Gasteiger charge is -2.09. The topological polar surface area (TPSA) is 136 Å². The van der Waals surface area contributed by atoms with E-state index in [4.69, 9.17) is 38.3 Å². The third kappa shape index (κ3) is 23.0. The summed E-state index contributed by atoms with van der Waals surface area (Å²) in [7, 11) is 0. The summed E-state index contributed by atoms with van der Waals surface area (Å²) in [5.74, 6) is -2.35. The normalized spacial score (nSPS) is 11.0. The number of ether oxygens (including phenoxy) is 7. The molecule has 0 aliphatic carbocycles. The van der Waals surface area contributed by atoms with Crippen LogP contribution < -0.4 is 4.74 Å². The number of carboxylic acids is 1. The van der Waals surface area contributed by atoms with Crippen molar-refractivity contribution < 1.29 is 52.6 Å². The van der Waals surface area contributed by atoms with Crippen molar-refractivity contribution >= 4 is 17.7 Å². The number of rotatable bonds is 30. The summed E-state index contributed by atoms with van der Waals surface area (Å²) in [5.41, 5.74) is 1.36. The van der Waals surface area contributed by atoms with E-state index in [9.17, 15) is 14.4 Å². The Hall–Kier alpha value is -2.57. The third-order valence-electron chi connectivity index (χ3n) is 6.01. The maximum absolute atomic E-state index is 11.4. The van der Waals surface area contributed by atoms with Gasteiger partial charge in [0.1, 0.15) is 19.0 Å². The maximum Gasteiger partial charge on any atom is 0.372 e. The zero-order chi connectivity index (χ0) is 30.5. The van der Waals surface area contributed by atoms with E-state index in [-0.39, 0.29) is 26.1 Å². The first kappa shape index (κ1) is 37.5. The van der Waals surface area contributed by atoms with Crippen molar-refractivity contribution in [3.8, 4) is 5.75 Å². The molecule has 0 spiro atoms. The lowest BCUT2D eigenvalue weighted by atomic mass is 10.0. The molecule has 42 heavy (non-hydrogen) atoms. The molecule has 0 amide bonds. The second kappa shape index (κ2) is 27.3. The van der Waals surface area contributed by atoms with Crippen LogP contribution in [0.15, 0.2) is 24.3 Å². The number of aliphatic carboxylic acids is 1. The van der Waals surface area contributed by atoms with Gasteiger partial charge in [-0.25, -0.2) is 4.79 Å². The van der Waals surface area contributed by atoms with Crippen molar-refractivity contribution in [2.24, 2.45) is 0 Å². The van der Waals surface area contributed by atoms with Gasteiger partial charge in [0.2, 0.25) is 5.78 Å². The van der Waals surface area contributed by atoms with Crippen molar-refractivity contribution in [1.82, 2.24) is 0 Å². The molecule has 0 unspecified atom stereocenters. The Morgan fingerprint density at radius 1 is 0.595 bits per heavy atom. The fraction of sp³-hybridized carbons (Fsp3) is 0.710. The average molecular weight is 599 g/mol. The quantitative estimate of drug-likeness (QED) is 0.0781. The first-order chi connectivity index (χ1) is 20.5. The minimum Gasteiger partial charge on any atom is -0.491 e. The number of ketones is 1. The highest BCUT2D eigenvalue weighted by atomic mass is 16.6. The smallest absolute Gasteiger partial charge is 0.372 e. The monoisotopic (exact) mass is 598 g/mol. The van der Waals surface area contributed by atoms with Gasteiger partial charge in [0.15, 0.2) is 0 Å². The number of aryl methyl sites for hydroxylation is 1. The Bertz CT molecular complexity index is 814. The number of hydrogen-bond donors (Lipinski definition) is 1. The van der Waals surface area contributed by atoms with Crippen LogP contribution in [0.25, 0.3) is 0 Å². The van der Waals surface area contributed by atoms with Crippen molar-refractivity contribution in [2.45, 2.75) is 64.7 Å². The summed E-state index contributed by atoms with van der Waals surface area (Å²) < 4.78 is 37.7. The summed E-state index contributed by atoms with van der Waals surface area (Å²) in [5, 5.41) is 8.44. The fourth-order valence-electron chi connectivity index (χ4n) is 3.67. The third-order valence-corrected chi connectivity index (χ3v) is 6.01. The summed E-state index contributed by atoms with van der Waals surface area (Å²) in [6.45, 7) is 6.90. The fourth-order valence-corrected chi connectivity index (χ4v) is 3.67. The van der Waals surface area contributed by atoms with E-state index in [1.807, 2.05) is 12.1 Å². The predicted octanol–water partition coefficient (Wildman–Crippen LogP) is 4.03. The molecule has 0 aliphatic heterocycles. The molecule has 1 aromatic carbocycles. The van der Waals surface area contributed by atoms with Gasteiger partial charge in [-0.05, 0) is 30.5 Å². The van der Waals surface area contributed by atoms with E-state index in [1.165, 1.54) is 44.1 Å². The van der Waals surface area contributed by atoms with Gasteiger partial charge in [-0.1, -0.05) is 51.2 Å². The second-order valence-electron chi connectivity index (χ2n) is 9.52. The molecule has 1 aromatic rings. The Balaban J connectivity index is 1.79. The molecular formula is C31H50O11. The Morgan fingerprint density at radius 2 is 1.07 bits per heavy atom. The van der Waals surface area contributed by atoms with Gasteiger partial charge < -0.3 is 38.3 Å². The predicted molar refractivity (Wildman–Crippen MR) is 156 cm³/mol. The number of carbonyl (C=O) groups excluding carboxylic acids is 2. The SMILES string of the molecule is CCCCCCCCc1ccc(OCCOCCOCCOCCOCCOCCOC(=O)CCC(=O)C(=O)O)cc1. The molecule has 240 valence electrons. The second-order valence-corrected chi connectivity index (χ2v) is 9.52. The molecule has 11 nitrogen and oxygen atoms in total. The van der Waals surface area contributed by atoms with Crippen LogP contribution in [-0.2, 0) is 49.2 Å². The highest BCUT2D eigenvalue weighted by Gasteiger charge is 2.14. The average Bonchev–Trinajstić information content (AvgIpc) is 2.99. The Morgan fingerprint density at radius 3 is 1.60 bits per heavy atom. The van der Waals surface area contributed by atoms with Crippen molar-refractivity contribution in [1.29, 1.82) is 0 Å². The van der Waals surface area contributed by atoms with E-state index in [1.54, 1.807) is 0 Å². The van der Waals surface area contributed by atoms with Crippen LogP contribution >= 0.6 is 0 Å². The Kier molecular flexibility index (Phi) is 24.3. The molecule has 0 radical (unpaired) electrons. The highest BCUT2D eigenvalue weighted by Crippen LogP contribution is 2.15. The number of benzene rings is 1. The molecule has 0 bridgehead atoms. The van der Waals surface area contributed by atoms with Crippen molar-refractivity contribution in [3.05, 3.63) is 29.8 Å². The van der Waals surface area contributed by atoms with Gasteiger partial charge >= 0.3 is 11.9 Å². The van der Waals surface area contributed by atoms with Crippen LogP contribution in [-0.4, -0.2) is 102 Å². The zero-order valence-electron chi connectivity index (χ0n) is 25.2. The number of carboxylic acid groups (broad SMARTS) is 1. The van der Waals surface area contributed by atoms with Gasteiger partial charge in [0, 0.05) is 6.42 Å². The lowest BCUT2D eigenvalue weighted by Crippen LogP contribution is -2.17. The van der Waals surface area contributed by atoms with Gasteiger partial charge in [-0.15, -0.1) is 0 Å². The number of hydrogen-bond acceptors (Lipinski definition) is 10. The molecule has 1 N–H and O–H groups in total. The molecule has 0 saturated heterocycles. The molecular weight excluding hydrogens is 548 g/mol. The van der Waals surface area contributed by atoms with Crippen LogP contribution in [0, 0.1) is 0 Å². The minimum atomic E-state index is -1.56. The number of Topliss-reactive ketones (excluding diaryl/α,β-unsaturated/α-hetero) is 1. The lowest BCUT2D eigenvalue weighted by molar-refractivity contribution is -0.151. The molecule has 0 aliphatic rings. The molecule has 1 rings (SSSR count). The summed E-state index contributed by atoms with van der Waals surface area (Å²) in [6.07, 6.45) is 8.35. The molecule has 0 heterocycles. The molecule has 0 atom stereocenters. The van der Waals surface area contributed by atoms with E-state index < -0.39 is 17.7 Å². The van der Waals surface area contributed by atoms with Crippen molar-refractivity contribution in [3.63, 3.8) is 0 Å². The molecule has 0 fully saturated rings. The van der Waals surface area contributed by atoms with Gasteiger partial charge in [-0.2, -0.15) is 0 Å². The Labute approximate surface area is 250 Å². The van der Waals surface area contributed by atoms with Crippen LogP contribution in [0.1, 0.15) is 63.9 Å².